The van der Waals surface area contributed by atoms with E-state index in [-0.39, 0.29) is 16.9 Å². The molecule has 2 aliphatic heterocycles. The lowest BCUT2D eigenvalue weighted by atomic mass is 9.95. The van der Waals surface area contributed by atoms with Gasteiger partial charge in [0.05, 0.1) is 37.5 Å². The number of ketones is 1. The fraction of sp³-hybridized carbons (Fsp3) is 0.348. The molecule has 1 N–H and O–H groups in total. The number of carbonyl (C=O) groups is 2. The zero-order valence-electron chi connectivity index (χ0n) is 17.7. The Hall–Kier alpha value is -2.94. The van der Waals surface area contributed by atoms with E-state index < -0.39 is 17.7 Å². The van der Waals surface area contributed by atoms with Gasteiger partial charge in [-0.15, -0.1) is 0 Å². The van der Waals surface area contributed by atoms with Crippen molar-refractivity contribution >= 4 is 29.1 Å². The first-order chi connectivity index (χ1) is 15.5. The van der Waals surface area contributed by atoms with Gasteiger partial charge in [-0.05, 0) is 35.9 Å². The molecule has 0 saturated carbocycles. The third-order valence-electron chi connectivity index (χ3n) is 5.74. The Morgan fingerprint density at radius 1 is 1.19 bits per heavy atom. The van der Waals surface area contributed by atoms with Gasteiger partial charge in [0, 0.05) is 43.6 Å². The molecule has 0 spiro atoms. The topological polar surface area (TPSA) is 92.2 Å². The highest BCUT2D eigenvalue weighted by Gasteiger charge is 2.46. The van der Waals surface area contributed by atoms with Crippen LogP contribution in [0.1, 0.15) is 17.2 Å². The van der Waals surface area contributed by atoms with Crippen molar-refractivity contribution in [2.75, 3.05) is 46.5 Å². The van der Waals surface area contributed by atoms with Crippen LogP contribution in [0.4, 0.5) is 0 Å². The van der Waals surface area contributed by atoms with Gasteiger partial charge in [-0.3, -0.25) is 19.5 Å². The highest BCUT2D eigenvalue weighted by Crippen LogP contribution is 2.41. The number of hydrogen-bond acceptors (Lipinski definition) is 7. The van der Waals surface area contributed by atoms with Crippen molar-refractivity contribution in [2.24, 2.45) is 0 Å². The number of carbonyl (C=O) groups excluding carboxylic acids is 2. The minimum absolute atomic E-state index is 0.00347. The molecule has 8 nitrogen and oxygen atoms in total. The summed E-state index contributed by atoms with van der Waals surface area (Å²) in [4.78, 5) is 33.9. The van der Waals surface area contributed by atoms with Crippen molar-refractivity contribution in [3.05, 3.63) is 64.4 Å². The van der Waals surface area contributed by atoms with Gasteiger partial charge in [-0.2, -0.15) is 0 Å². The van der Waals surface area contributed by atoms with Crippen LogP contribution in [0, 0.1) is 0 Å². The molecule has 0 bridgehead atoms. The molecule has 2 fully saturated rings. The van der Waals surface area contributed by atoms with Crippen LogP contribution < -0.4 is 4.74 Å². The summed E-state index contributed by atoms with van der Waals surface area (Å²) < 4.78 is 10.7. The Kier molecular flexibility index (Phi) is 6.74. The van der Waals surface area contributed by atoms with Crippen LogP contribution in [0.15, 0.2) is 48.3 Å². The average Bonchev–Trinajstić information content (AvgIpc) is 3.08. The van der Waals surface area contributed by atoms with E-state index in [1.54, 1.807) is 36.7 Å². The molecule has 1 atom stereocenters. The minimum atomic E-state index is -0.747. The summed E-state index contributed by atoms with van der Waals surface area (Å²) in [6, 6.07) is 7.47. The number of Topliss-reactive ketones (excluding diaryl/α,β-unsaturated/α-hetero) is 1. The van der Waals surface area contributed by atoms with Crippen LogP contribution >= 0.6 is 11.6 Å². The second kappa shape index (κ2) is 9.68. The molecule has 3 heterocycles. The largest absolute Gasteiger partial charge is 0.507 e. The Balaban J connectivity index is 1.76. The molecular weight excluding hydrogens is 434 g/mol. The first kappa shape index (κ1) is 22.3. The van der Waals surface area contributed by atoms with Crippen molar-refractivity contribution in [1.29, 1.82) is 0 Å². The van der Waals surface area contributed by atoms with Crippen LogP contribution in [0.25, 0.3) is 5.76 Å². The van der Waals surface area contributed by atoms with E-state index in [9.17, 15) is 14.7 Å². The number of amides is 1. The summed E-state index contributed by atoms with van der Waals surface area (Å²) in [5.74, 6) is -1.37. The molecule has 4 rings (SSSR count). The molecule has 0 aliphatic carbocycles. The van der Waals surface area contributed by atoms with Crippen LogP contribution in [0.2, 0.25) is 5.02 Å². The Bertz CT molecular complexity index is 1040. The number of benzene rings is 1. The number of pyridine rings is 1. The summed E-state index contributed by atoms with van der Waals surface area (Å²) in [5.41, 5.74) is 0.942. The number of ether oxygens (including phenoxy) is 2. The lowest BCUT2D eigenvalue weighted by Crippen LogP contribution is -2.42. The number of likely N-dealkylation sites (tertiary alicyclic amines) is 1. The summed E-state index contributed by atoms with van der Waals surface area (Å²) in [6.45, 7) is 3.75. The molecule has 0 unspecified atom stereocenters. The maximum Gasteiger partial charge on any atom is 0.295 e. The Morgan fingerprint density at radius 3 is 2.59 bits per heavy atom. The summed E-state index contributed by atoms with van der Waals surface area (Å²) >= 11 is 6.13. The van der Waals surface area contributed by atoms with Gasteiger partial charge in [0.15, 0.2) is 0 Å². The first-order valence-corrected chi connectivity index (χ1v) is 10.7. The van der Waals surface area contributed by atoms with E-state index in [0.29, 0.717) is 42.6 Å². The van der Waals surface area contributed by atoms with Gasteiger partial charge in [-0.25, -0.2) is 0 Å². The SMILES string of the molecule is COc1ccc(Cl)cc1/C(O)=C1\C(=O)C(=O)N(CCN2CCOCC2)[C@H]1c1ccncc1. The van der Waals surface area contributed by atoms with E-state index in [1.165, 1.54) is 18.1 Å². The van der Waals surface area contributed by atoms with Gasteiger partial charge in [0.1, 0.15) is 11.5 Å². The number of aromatic nitrogens is 1. The summed E-state index contributed by atoms with van der Waals surface area (Å²) in [7, 11) is 1.46. The normalized spacial score (nSPS) is 21.2. The molecular formula is C23H24ClN3O5. The van der Waals surface area contributed by atoms with E-state index in [2.05, 4.69) is 9.88 Å². The van der Waals surface area contributed by atoms with Gasteiger partial charge < -0.3 is 19.5 Å². The lowest BCUT2D eigenvalue weighted by Gasteiger charge is -2.31. The molecule has 0 radical (unpaired) electrons. The molecule has 2 aromatic rings. The summed E-state index contributed by atoms with van der Waals surface area (Å²) in [6.07, 6.45) is 3.19. The van der Waals surface area contributed by atoms with E-state index in [4.69, 9.17) is 21.1 Å². The minimum Gasteiger partial charge on any atom is -0.507 e. The van der Waals surface area contributed by atoms with E-state index >= 15 is 0 Å². The molecule has 2 saturated heterocycles. The molecule has 9 heteroatoms. The maximum atomic E-state index is 13.1. The second-order valence-corrected chi connectivity index (χ2v) is 8.01. The van der Waals surface area contributed by atoms with Gasteiger partial charge in [0.2, 0.25) is 0 Å². The van der Waals surface area contributed by atoms with Crippen molar-refractivity contribution in [2.45, 2.75) is 6.04 Å². The summed E-state index contributed by atoms with van der Waals surface area (Å²) in [5, 5.41) is 11.6. The number of nitrogens with zero attached hydrogens (tertiary/aromatic N) is 3. The highest BCUT2D eigenvalue weighted by molar-refractivity contribution is 6.46. The smallest absolute Gasteiger partial charge is 0.295 e. The first-order valence-electron chi connectivity index (χ1n) is 10.3. The fourth-order valence-corrected chi connectivity index (χ4v) is 4.26. The maximum absolute atomic E-state index is 13.1. The Morgan fingerprint density at radius 2 is 1.91 bits per heavy atom. The third kappa shape index (κ3) is 4.34. The van der Waals surface area contributed by atoms with Crippen LogP contribution in [0.3, 0.4) is 0 Å². The van der Waals surface area contributed by atoms with Crippen LogP contribution in [-0.2, 0) is 14.3 Å². The monoisotopic (exact) mass is 457 g/mol. The zero-order valence-corrected chi connectivity index (χ0v) is 18.4. The number of methoxy groups -OCH3 is 1. The van der Waals surface area contributed by atoms with Crippen molar-refractivity contribution < 1.29 is 24.2 Å². The van der Waals surface area contributed by atoms with Crippen LogP contribution in [0.5, 0.6) is 5.75 Å². The van der Waals surface area contributed by atoms with Gasteiger partial charge in [-0.1, -0.05) is 11.6 Å². The van der Waals surface area contributed by atoms with Crippen LogP contribution in [-0.4, -0.2) is 78.1 Å². The number of aliphatic hydroxyl groups excluding tert-OH is 1. The average molecular weight is 458 g/mol. The van der Waals surface area contributed by atoms with Crippen molar-refractivity contribution in [3.8, 4) is 5.75 Å². The number of hydrogen-bond donors (Lipinski definition) is 1. The lowest BCUT2D eigenvalue weighted by molar-refractivity contribution is -0.140. The van der Waals surface area contributed by atoms with E-state index in [1.807, 2.05) is 0 Å². The highest BCUT2D eigenvalue weighted by atomic mass is 35.5. The molecule has 1 aromatic heterocycles. The predicted molar refractivity (Wildman–Crippen MR) is 119 cm³/mol. The molecule has 168 valence electrons. The molecule has 2 aliphatic rings. The standard InChI is InChI=1S/C23H24ClN3O5/c1-31-18-3-2-16(24)14-17(18)21(28)19-20(15-4-6-25-7-5-15)27(23(30)22(19)29)9-8-26-10-12-32-13-11-26/h2-7,14,20,28H,8-13H2,1H3/b21-19+/t20-/m0/s1. The third-order valence-corrected chi connectivity index (χ3v) is 5.97. The predicted octanol–water partition coefficient (Wildman–Crippen LogP) is 2.50. The second-order valence-electron chi connectivity index (χ2n) is 7.57. The molecule has 1 aromatic carbocycles. The number of morpholine rings is 1. The fourth-order valence-electron chi connectivity index (χ4n) is 4.09. The number of aliphatic hydroxyl groups is 1. The molecule has 1 amide bonds. The van der Waals surface area contributed by atoms with Gasteiger partial charge >= 0.3 is 0 Å². The van der Waals surface area contributed by atoms with E-state index in [0.717, 1.165) is 13.1 Å². The Labute approximate surface area is 191 Å². The zero-order chi connectivity index (χ0) is 22.7. The quantitative estimate of drug-likeness (QED) is 0.404. The van der Waals surface area contributed by atoms with Crippen molar-refractivity contribution in [3.63, 3.8) is 0 Å². The molecule has 32 heavy (non-hydrogen) atoms. The van der Waals surface area contributed by atoms with Crippen molar-refractivity contribution in [1.82, 2.24) is 14.8 Å². The number of halogens is 1. The van der Waals surface area contributed by atoms with Gasteiger partial charge in [0.25, 0.3) is 11.7 Å². The number of rotatable bonds is 6.